The Morgan fingerprint density at radius 1 is 1.39 bits per heavy atom. The van der Waals surface area contributed by atoms with Crippen molar-refractivity contribution in [2.45, 2.75) is 26.3 Å². The van der Waals surface area contributed by atoms with Crippen LogP contribution in [0.2, 0.25) is 0 Å². The lowest BCUT2D eigenvalue weighted by Gasteiger charge is -2.29. The number of carboxylic acid groups (broad SMARTS) is 1. The van der Waals surface area contributed by atoms with Crippen LogP contribution in [-0.4, -0.2) is 36.2 Å². The van der Waals surface area contributed by atoms with Gasteiger partial charge in [0.1, 0.15) is 5.75 Å². The molecule has 0 radical (unpaired) electrons. The summed E-state index contributed by atoms with van der Waals surface area (Å²) in [6.07, 6.45) is 0.106. The monoisotopic (exact) mass is 251 g/mol. The number of nitrogens with zero attached hydrogens (tertiary/aromatic N) is 1. The van der Waals surface area contributed by atoms with E-state index in [2.05, 4.69) is 4.90 Å². The van der Waals surface area contributed by atoms with Gasteiger partial charge in [0.25, 0.3) is 0 Å². The van der Waals surface area contributed by atoms with E-state index in [1.165, 1.54) is 0 Å². The first kappa shape index (κ1) is 14.5. The molecule has 0 saturated heterocycles. The Kier molecular flexibility index (Phi) is 5.65. The Bertz CT molecular complexity index is 388. The van der Waals surface area contributed by atoms with Crippen LogP contribution >= 0.6 is 0 Å². The molecule has 1 rings (SSSR count). The van der Waals surface area contributed by atoms with Crippen molar-refractivity contribution in [3.63, 3.8) is 0 Å². The third-order valence-corrected chi connectivity index (χ3v) is 3.10. The fraction of sp³-hybridized carbons (Fsp3) is 0.500. The van der Waals surface area contributed by atoms with Crippen LogP contribution in [0.25, 0.3) is 0 Å². The predicted octanol–water partition coefficient (Wildman–Crippen LogP) is 2.55. The standard InChI is InChI=1S/C14H21NO3/c1-4-15(5-2)13(10-14(16)17)11-7-6-8-12(9-11)18-3/h6-9,13H,4-5,10H2,1-3H3,(H,16,17). The number of benzene rings is 1. The van der Waals surface area contributed by atoms with Crippen molar-refractivity contribution < 1.29 is 14.6 Å². The van der Waals surface area contributed by atoms with E-state index >= 15 is 0 Å². The summed E-state index contributed by atoms with van der Waals surface area (Å²) in [7, 11) is 1.61. The van der Waals surface area contributed by atoms with E-state index in [9.17, 15) is 4.79 Å². The molecule has 0 aromatic heterocycles. The molecule has 0 aliphatic heterocycles. The lowest BCUT2D eigenvalue weighted by Crippen LogP contribution is -2.30. The van der Waals surface area contributed by atoms with Crippen molar-refractivity contribution in [3.8, 4) is 5.75 Å². The van der Waals surface area contributed by atoms with E-state index in [1.54, 1.807) is 7.11 Å². The number of ether oxygens (including phenoxy) is 1. The second-order valence-corrected chi connectivity index (χ2v) is 4.11. The zero-order chi connectivity index (χ0) is 13.5. The van der Waals surface area contributed by atoms with E-state index in [4.69, 9.17) is 9.84 Å². The number of rotatable bonds is 7. The van der Waals surface area contributed by atoms with E-state index in [-0.39, 0.29) is 12.5 Å². The number of methoxy groups -OCH3 is 1. The molecule has 4 nitrogen and oxygen atoms in total. The largest absolute Gasteiger partial charge is 0.497 e. The van der Waals surface area contributed by atoms with Crippen molar-refractivity contribution >= 4 is 5.97 Å². The van der Waals surface area contributed by atoms with Crippen LogP contribution in [0.4, 0.5) is 0 Å². The Morgan fingerprint density at radius 2 is 2.06 bits per heavy atom. The minimum Gasteiger partial charge on any atom is -0.497 e. The first-order chi connectivity index (χ1) is 8.62. The number of carbonyl (C=O) groups is 1. The molecule has 0 amide bonds. The molecule has 4 heteroatoms. The molecule has 1 atom stereocenters. The average molecular weight is 251 g/mol. The second-order valence-electron chi connectivity index (χ2n) is 4.11. The van der Waals surface area contributed by atoms with Crippen LogP contribution in [0.5, 0.6) is 5.75 Å². The van der Waals surface area contributed by atoms with Crippen molar-refractivity contribution in [2.24, 2.45) is 0 Å². The lowest BCUT2D eigenvalue weighted by atomic mass is 10.0. The smallest absolute Gasteiger partial charge is 0.305 e. The summed E-state index contributed by atoms with van der Waals surface area (Å²) in [5.74, 6) is -0.0234. The maximum absolute atomic E-state index is 11.0. The number of hydrogen-bond acceptors (Lipinski definition) is 3. The van der Waals surface area contributed by atoms with Gasteiger partial charge in [0, 0.05) is 6.04 Å². The Balaban J connectivity index is 3.03. The van der Waals surface area contributed by atoms with Gasteiger partial charge in [-0.1, -0.05) is 26.0 Å². The molecule has 0 heterocycles. The van der Waals surface area contributed by atoms with Crippen molar-refractivity contribution in [1.82, 2.24) is 4.90 Å². The van der Waals surface area contributed by atoms with Crippen LogP contribution < -0.4 is 4.74 Å². The van der Waals surface area contributed by atoms with E-state index in [0.29, 0.717) is 0 Å². The molecular weight excluding hydrogens is 230 g/mol. The van der Waals surface area contributed by atoms with Crippen LogP contribution in [0.1, 0.15) is 31.9 Å². The van der Waals surface area contributed by atoms with Crippen LogP contribution in [0.15, 0.2) is 24.3 Å². The molecule has 0 spiro atoms. The molecule has 0 fully saturated rings. The average Bonchev–Trinajstić information content (AvgIpc) is 2.38. The molecule has 18 heavy (non-hydrogen) atoms. The number of hydrogen-bond donors (Lipinski definition) is 1. The van der Waals surface area contributed by atoms with Crippen molar-refractivity contribution in [1.29, 1.82) is 0 Å². The maximum Gasteiger partial charge on any atom is 0.305 e. The van der Waals surface area contributed by atoms with Gasteiger partial charge < -0.3 is 9.84 Å². The van der Waals surface area contributed by atoms with E-state index < -0.39 is 5.97 Å². The molecule has 100 valence electrons. The van der Waals surface area contributed by atoms with Gasteiger partial charge in [-0.05, 0) is 30.8 Å². The predicted molar refractivity (Wildman–Crippen MR) is 70.9 cm³/mol. The Labute approximate surface area is 108 Å². The molecular formula is C14H21NO3. The Morgan fingerprint density at radius 3 is 2.56 bits per heavy atom. The highest BCUT2D eigenvalue weighted by atomic mass is 16.5. The van der Waals surface area contributed by atoms with Gasteiger partial charge in [-0.15, -0.1) is 0 Å². The fourth-order valence-electron chi connectivity index (χ4n) is 2.14. The van der Waals surface area contributed by atoms with Gasteiger partial charge in [-0.2, -0.15) is 0 Å². The summed E-state index contributed by atoms with van der Waals surface area (Å²) < 4.78 is 5.19. The summed E-state index contributed by atoms with van der Waals surface area (Å²) >= 11 is 0. The van der Waals surface area contributed by atoms with Gasteiger partial charge in [-0.25, -0.2) is 0 Å². The first-order valence-corrected chi connectivity index (χ1v) is 6.22. The summed E-state index contributed by atoms with van der Waals surface area (Å²) in [6, 6.07) is 7.52. The number of carboxylic acids is 1. The van der Waals surface area contributed by atoms with Crippen molar-refractivity contribution in [3.05, 3.63) is 29.8 Å². The minimum absolute atomic E-state index is 0.104. The highest BCUT2D eigenvalue weighted by Gasteiger charge is 2.21. The van der Waals surface area contributed by atoms with Gasteiger partial charge in [-0.3, -0.25) is 9.69 Å². The first-order valence-electron chi connectivity index (χ1n) is 6.22. The summed E-state index contributed by atoms with van der Waals surface area (Å²) in [6.45, 7) is 5.73. The topological polar surface area (TPSA) is 49.8 Å². The zero-order valence-electron chi connectivity index (χ0n) is 11.2. The lowest BCUT2D eigenvalue weighted by molar-refractivity contribution is -0.138. The molecule has 0 bridgehead atoms. The molecule has 0 aliphatic carbocycles. The highest BCUT2D eigenvalue weighted by Crippen LogP contribution is 2.26. The minimum atomic E-state index is -0.783. The zero-order valence-corrected chi connectivity index (χ0v) is 11.2. The summed E-state index contributed by atoms with van der Waals surface area (Å²) in [4.78, 5) is 13.2. The van der Waals surface area contributed by atoms with Crippen molar-refractivity contribution in [2.75, 3.05) is 20.2 Å². The van der Waals surface area contributed by atoms with Crippen LogP contribution in [0.3, 0.4) is 0 Å². The third kappa shape index (κ3) is 3.74. The van der Waals surface area contributed by atoms with Gasteiger partial charge in [0.15, 0.2) is 0 Å². The maximum atomic E-state index is 11.0. The van der Waals surface area contributed by atoms with Gasteiger partial charge in [0.2, 0.25) is 0 Å². The van der Waals surface area contributed by atoms with E-state index in [0.717, 1.165) is 24.4 Å². The summed E-state index contributed by atoms with van der Waals surface area (Å²) in [5, 5.41) is 9.05. The quantitative estimate of drug-likeness (QED) is 0.809. The Hall–Kier alpha value is -1.55. The van der Waals surface area contributed by atoms with E-state index in [1.807, 2.05) is 38.1 Å². The third-order valence-electron chi connectivity index (χ3n) is 3.10. The fourth-order valence-corrected chi connectivity index (χ4v) is 2.14. The normalized spacial score (nSPS) is 12.4. The second kappa shape index (κ2) is 7.01. The molecule has 1 aromatic rings. The molecule has 1 aromatic carbocycles. The van der Waals surface area contributed by atoms with Crippen LogP contribution in [0, 0.1) is 0 Å². The summed E-state index contributed by atoms with van der Waals surface area (Å²) in [5.41, 5.74) is 0.987. The molecule has 0 aliphatic rings. The van der Waals surface area contributed by atoms with Gasteiger partial charge in [0.05, 0.1) is 13.5 Å². The number of aliphatic carboxylic acids is 1. The molecule has 1 unspecified atom stereocenters. The molecule has 0 saturated carbocycles. The molecule has 1 N–H and O–H groups in total. The van der Waals surface area contributed by atoms with Gasteiger partial charge >= 0.3 is 5.97 Å². The SMILES string of the molecule is CCN(CC)C(CC(=O)O)c1cccc(OC)c1. The van der Waals surface area contributed by atoms with Crippen LogP contribution in [-0.2, 0) is 4.79 Å². The highest BCUT2D eigenvalue weighted by molar-refractivity contribution is 5.68.